The van der Waals surface area contributed by atoms with Crippen molar-refractivity contribution >= 4 is 10.0 Å². The average molecular weight is 249 g/mol. The third-order valence-corrected chi connectivity index (χ3v) is 4.96. The van der Waals surface area contributed by atoms with Crippen molar-refractivity contribution in [3.05, 3.63) is 0 Å². The SMILES string of the molecule is COCCS(=O)(=O)N[C@@H]1CCC[C@H](C)[C@@H]1C. The monoisotopic (exact) mass is 249 g/mol. The van der Waals surface area contributed by atoms with Crippen molar-refractivity contribution in [1.29, 1.82) is 0 Å². The lowest BCUT2D eigenvalue weighted by Crippen LogP contribution is -2.44. The molecule has 0 heterocycles. The molecule has 1 aliphatic rings. The highest BCUT2D eigenvalue weighted by Gasteiger charge is 2.29. The Bertz CT molecular complexity index is 302. The van der Waals surface area contributed by atoms with Crippen LogP contribution in [0.15, 0.2) is 0 Å². The van der Waals surface area contributed by atoms with Gasteiger partial charge in [0.2, 0.25) is 10.0 Å². The molecule has 0 amide bonds. The van der Waals surface area contributed by atoms with Gasteiger partial charge < -0.3 is 4.74 Å². The van der Waals surface area contributed by atoms with Gasteiger partial charge in [-0.15, -0.1) is 0 Å². The summed E-state index contributed by atoms with van der Waals surface area (Å²) in [4.78, 5) is 0. The molecule has 96 valence electrons. The topological polar surface area (TPSA) is 55.4 Å². The molecule has 0 spiro atoms. The summed E-state index contributed by atoms with van der Waals surface area (Å²) in [6.45, 7) is 4.58. The van der Waals surface area contributed by atoms with Gasteiger partial charge in [0.15, 0.2) is 0 Å². The number of sulfonamides is 1. The largest absolute Gasteiger partial charge is 0.384 e. The molecule has 0 aromatic rings. The minimum absolute atomic E-state index is 0.0566. The third-order valence-electron chi connectivity index (χ3n) is 3.59. The highest BCUT2D eigenvalue weighted by molar-refractivity contribution is 7.89. The van der Waals surface area contributed by atoms with Crippen molar-refractivity contribution in [3.8, 4) is 0 Å². The second-order valence-corrected chi connectivity index (χ2v) is 6.68. The van der Waals surface area contributed by atoms with Crippen LogP contribution in [0.4, 0.5) is 0 Å². The molecule has 0 aromatic heterocycles. The van der Waals surface area contributed by atoms with Crippen LogP contribution in [-0.2, 0) is 14.8 Å². The highest BCUT2D eigenvalue weighted by Crippen LogP contribution is 2.29. The number of methoxy groups -OCH3 is 1. The van der Waals surface area contributed by atoms with E-state index in [2.05, 4.69) is 18.6 Å². The Morgan fingerprint density at radius 2 is 2.00 bits per heavy atom. The Balaban J connectivity index is 2.52. The lowest BCUT2D eigenvalue weighted by atomic mass is 9.78. The van der Waals surface area contributed by atoms with Crippen molar-refractivity contribution in [2.75, 3.05) is 19.5 Å². The first-order valence-electron chi connectivity index (χ1n) is 5.95. The Labute approximate surface area is 98.8 Å². The van der Waals surface area contributed by atoms with E-state index in [0.29, 0.717) is 11.8 Å². The van der Waals surface area contributed by atoms with Crippen LogP contribution in [0.3, 0.4) is 0 Å². The highest BCUT2D eigenvalue weighted by atomic mass is 32.2. The van der Waals surface area contributed by atoms with E-state index in [-0.39, 0.29) is 18.4 Å². The van der Waals surface area contributed by atoms with Gasteiger partial charge in [0.25, 0.3) is 0 Å². The molecule has 0 bridgehead atoms. The maximum Gasteiger partial charge on any atom is 0.214 e. The fraction of sp³-hybridized carbons (Fsp3) is 1.00. The van der Waals surface area contributed by atoms with Gasteiger partial charge in [0.1, 0.15) is 0 Å². The second-order valence-electron chi connectivity index (χ2n) is 4.80. The molecule has 1 aliphatic carbocycles. The van der Waals surface area contributed by atoms with Crippen LogP contribution in [0.5, 0.6) is 0 Å². The zero-order valence-corrected chi connectivity index (χ0v) is 11.2. The maximum absolute atomic E-state index is 11.7. The first-order valence-corrected chi connectivity index (χ1v) is 7.60. The van der Waals surface area contributed by atoms with Crippen LogP contribution in [0, 0.1) is 11.8 Å². The van der Waals surface area contributed by atoms with Crippen LogP contribution < -0.4 is 4.72 Å². The van der Waals surface area contributed by atoms with Gasteiger partial charge >= 0.3 is 0 Å². The minimum atomic E-state index is -3.17. The Kier molecular flexibility index (Phi) is 5.21. The fourth-order valence-corrected chi connectivity index (χ4v) is 3.53. The van der Waals surface area contributed by atoms with Gasteiger partial charge in [-0.1, -0.05) is 26.7 Å². The first kappa shape index (κ1) is 13.9. The molecule has 1 saturated carbocycles. The normalized spacial score (nSPS) is 31.6. The molecule has 0 radical (unpaired) electrons. The van der Waals surface area contributed by atoms with Gasteiger partial charge in [-0.05, 0) is 18.3 Å². The predicted molar refractivity (Wildman–Crippen MR) is 64.8 cm³/mol. The number of nitrogens with one attached hydrogen (secondary N) is 1. The standard InChI is InChI=1S/C11H23NO3S/c1-9-5-4-6-11(10(9)2)12-16(13,14)8-7-15-3/h9-12H,4-8H2,1-3H3/t9-,10-,11+/m0/s1. The summed E-state index contributed by atoms with van der Waals surface area (Å²) in [5.74, 6) is 1.08. The molecular weight excluding hydrogens is 226 g/mol. The van der Waals surface area contributed by atoms with Crippen LogP contribution >= 0.6 is 0 Å². The van der Waals surface area contributed by atoms with E-state index in [1.807, 2.05) is 0 Å². The molecular formula is C11H23NO3S. The molecule has 16 heavy (non-hydrogen) atoms. The Morgan fingerprint density at radius 3 is 2.62 bits per heavy atom. The molecule has 1 N–H and O–H groups in total. The number of hydrogen-bond acceptors (Lipinski definition) is 3. The van der Waals surface area contributed by atoms with E-state index in [1.54, 1.807) is 0 Å². The van der Waals surface area contributed by atoms with Crippen LogP contribution in [0.2, 0.25) is 0 Å². The third kappa shape index (κ3) is 4.03. The lowest BCUT2D eigenvalue weighted by Gasteiger charge is -2.34. The Hall–Kier alpha value is -0.130. The van der Waals surface area contributed by atoms with Crippen molar-refractivity contribution < 1.29 is 13.2 Å². The van der Waals surface area contributed by atoms with Crippen molar-refractivity contribution in [2.45, 2.75) is 39.2 Å². The fourth-order valence-electron chi connectivity index (χ4n) is 2.23. The molecule has 0 unspecified atom stereocenters. The van der Waals surface area contributed by atoms with E-state index < -0.39 is 10.0 Å². The molecule has 0 aliphatic heterocycles. The van der Waals surface area contributed by atoms with Gasteiger partial charge in [0, 0.05) is 13.2 Å². The van der Waals surface area contributed by atoms with Crippen molar-refractivity contribution in [1.82, 2.24) is 4.72 Å². The molecule has 1 fully saturated rings. The summed E-state index contributed by atoms with van der Waals surface area (Å²) in [6, 6.07) is 0.102. The van der Waals surface area contributed by atoms with Gasteiger partial charge in [-0.3, -0.25) is 0 Å². The maximum atomic E-state index is 11.7. The number of ether oxygens (including phenoxy) is 1. The zero-order valence-electron chi connectivity index (χ0n) is 10.4. The minimum Gasteiger partial charge on any atom is -0.384 e. The van der Waals surface area contributed by atoms with E-state index in [1.165, 1.54) is 13.5 Å². The van der Waals surface area contributed by atoms with Gasteiger partial charge in [-0.25, -0.2) is 13.1 Å². The molecule has 4 nitrogen and oxygen atoms in total. The van der Waals surface area contributed by atoms with Crippen molar-refractivity contribution in [3.63, 3.8) is 0 Å². The summed E-state index contributed by atoms with van der Waals surface area (Å²) >= 11 is 0. The van der Waals surface area contributed by atoms with Crippen molar-refractivity contribution in [2.24, 2.45) is 11.8 Å². The first-order chi connectivity index (χ1) is 7.46. The van der Waals surface area contributed by atoms with Crippen LogP contribution in [-0.4, -0.2) is 33.9 Å². The summed E-state index contributed by atoms with van der Waals surface area (Å²) in [6.07, 6.45) is 3.28. The summed E-state index contributed by atoms with van der Waals surface area (Å²) in [5.41, 5.74) is 0. The number of hydrogen-bond donors (Lipinski definition) is 1. The van der Waals surface area contributed by atoms with E-state index in [0.717, 1.165) is 12.8 Å². The van der Waals surface area contributed by atoms with Gasteiger partial charge in [-0.2, -0.15) is 0 Å². The summed E-state index contributed by atoms with van der Waals surface area (Å²) < 4.78 is 31.0. The molecule has 1 rings (SSSR count). The molecule has 0 aromatic carbocycles. The predicted octanol–water partition coefficient (Wildman–Crippen LogP) is 1.38. The van der Waals surface area contributed by atoms with Gasteiger partial charge in [0.05, 0.1) is 12.4 Å². The second kappa shape index (κ2) is 5.98. The number of rotatable bonds is 5. The van der Waals surface area contributed by atoms with Crippen LogP contribution in [0.25, 0.3) is 0 Å². The molecule has 0 saturated heterocycles. The smallest absolute Gasteiger partial charge is 0.214 e. The average Bonchev–Trinajstić information content (AvgIpc) is 2.22. The quantitative estimate of drug-likeness (QED) is 0.801. The van der Waals surface area contributed by atoms with Crippen LogP contribution in [0.1, 0.15) is 33.1 Å². The summed E-state index contributed by atoms with van der Waals surface area (Å²) in [7, 11) is -1.66. The van der Waals surface area contributed by atoms with E-state index in [4.69, 9.17) is 4.74 Å². The van der Waals surface area contributed by atoms with E-state index in [9.17, 15) is 8.42 Å². The van der Waals surface area contributed by atoms with E-state index >= 15 is 0 Å². The lowest BCUT2D eigenvalue weighted by molar-refractivity contribution is 0.213. The Morgan fingerprint density at radius 1 is 1.31 bits per heavy atom. The zero-order chi connectivity index (χ0) is 12.2. The summed E-state index contributed by atoms with van der Waals surface area (Å²) in [5, 5.41) is 0. The molecule has 3 atom stereocenters. The molecule has 5 heteroatoms.